The molecular weight excluding hydrogens is 302 g/mol. The van der Waals surface area contributed by atoms with E-state index in [2.05, 4.69) is 37.3 Å². The third kappa shape index (κ3) is 3.08. The number of amides is 1. The van der Waals surface area contributed by atoms with Gasteiger partial charge in [-0.05, 0) is 12.0 Å². The largest absolute Gasteiger partial charge is 0.354 e. The van der Waals surface area contributed by atoms with Gasteiger partial charge in [-0.3, -0.25) is 4.79 Å². The standard InChI is InChI=1S/C18H21N5O/c1-4-14-15-16(22-17(14)21-12(2)24)18(20-11-19-15)23(3)10-13-8-6-5-7-9-13/h5-9,11,22H,4,10H2,1-3H3,(H,21,24). The Hall–Kier alpha value is -2.89. The van der Waals surface area contributed by atoms with E-state index in [0.717, 1.165) is 35.4 Å². The number of benzene rings is 1. The minimum absolute atomic E-state index is 0.108. The van der Waals surface area contributed by atoms with E-state index in [1.165, 1.54) is 12.5 Å². The summed E-state index contributed by atoms with van der Waals surface area (Å²) in [6, 6.07) is 10.2. The number of H-pyrrole nitrogens is 1. The van der Waals surface area contributed by atoms with Crippen LogP contribution in [0.4, 0.5) is 11.6 Å². The van der Waals surface area contributed by atoms with E-state index < -0.39 is 0 Å². The number of rotatable bonds is 5. The predicted molar refractivity (Wildman–Crippen MR) is 96.1 cm³/mol. The van der Waals surface area contributed by atoms with E-state index >= 15 is 0 Å². The third-order valence-electron chi connectivity index (χ3n) is 3.94. The summed E-state index contributed by atoms with van der Waals surface area (Å²) in [6.07, 6.45) is 2.35. The average molecular weight is 323 g/mol. The first-order chi connectivity index (χ1) is 11.6. The first kappa shape index (κ1) is 16.0. The smallest absolute Gasteiger partial charge is 0.222 e. The molecule has 0 saturated heterocycles. The average Bonchev–Trinajstić information content (AvgIpc) is 2.91. The van der Waals surface area contributed by atoms with Crippen molar-refractivity contribution in [2.75, 3.05) is 17.3 Å². The molecule has 1 aromatic carbocycles. The lowest BCUT2D eigenvalue weighted by Gasteiger charge is -2.18. The summed E-state index contributed by atoms with van der Waals surface area (Å²) in [6.45, 7) is 4.28. The van der Waals surface area contributed by atoms with Crippen LogP contribution in [0.2, 0.25) is 0 Å². The van der Waals surface area contributed by atoms with E-state index in [-0.39, 0.29) is 5.91 Å². The van der Waals surface area contributed by atoms with Crippen molar-refractivity contribution in [3.63, 3.8) is 0 Å². The van der Waals surface area contributed by atoms with Crippen LogP contribution < -0.4 is 10.2 Å². The second-order valence-electron chi connectivity index (χ2n) is 5.78. The number of aryl methyl sites for hydroxylation is 1. The number of hydrogen-bond donors (Lipinski definition) is 2. The fourth-order valence-electron chi connectivity index (χ4n) is 2.89. The highest BCUT2D eigenvalue weighted by Gasteiger charge is 2.17. The van der Waals surface area contributed by atoms with Gasteiger partial charge >= 0.3 is 0 Å². The van der Waals surface area contributed by atoms with Gasteiger partial charge in [0.05, 0.1) is 5.52 Å². The summed E-state index contributed by atoms with van der Waals surface area (Å²) in [7, 11) is 2.00. The molecule has 24 heavy (non-hydrogen) atoms. The monoisotopic (exact) mass is 323 g/mol. The summed E-state index contributed by atoms with van der Waals surface area (Å²) < 4.78 is 0. The summed E-state index contributed by atoms with van der Waals surface area (Å²) >= 11 is 0. The van der Waals surface area contributed by atoms with Crippen molar-refractivity contribution in [2.45, 2.75) is 26.8 Å². The molecule has 0 bridgehead atoms. The minimum Gasteiger partial charge on any atom is -0.354 e. The molecule has 0 saturated carbocycles. The van der Waals surface area contributed by atoms with Gasteiger partial charge in [0.2, 0.25) is 5.91 Å². The molecule has 0 aliphatic heterocycles. The second-order valence-corrected chi connectivity index (χ2v) is 5.78. The van der Waals surface area contributed by atoms with Gasteiger partial charge < -0.3 is 15.2 Å². The highest BCUT2D eigenvalue weighted by molar-refractivity contribution is 5.97. The number of anilines is 2. The van der Waals surface area contributed by atoms with Crippen LogP contribution in [-0.4, -0.2) is 27.9 Å². The summed E-state index contributed by atoms with van der Waals surface area (Å²) in [5.41, 5.74) is 3.90. The lowest BCUT2D eigenvalue weighted by molar-refractivity contribution is -0.114. The van der Waals surface area contributed by atoms with Crippen LogP contribution in [0.5, 0.6) is 0 Å². The number of aromatic amines is 1. The van der Waals surface area contributed by atoms with Gasteiger partial charge in [0, 0.05) is 26.1 Å². The first-order valence-electron chi connectivity index (χ1n) is 7.98. The number of nitrogens with zero attached hydrogens (tertiary/aromatic N) is 3. The Morgan fingerprint density at radius 3 is 2.67 bits per heavy atom. The van der Waals surface area contributed by atoms with Crippen molar-refractivity contribution in [3.8, 4) is 0 Å². The molecule has 3 aromatic rings. The summed E-state index contributed by atoms with van der Waals surface area (Å²) in [5, 5.41) is 2.85. The molecular formula is C18H21N5O. The van der Waals surface area contributed by atoms with Gasteiger partial charge in [-0.15, -0.1) is 0 Å². The maximum atomic E-state index is 11.4. The summed E-state index contributed by atoms with van der Waals surface area (Å²) in [4.78, 5) is 25.7. The van der Waals surface area contributed by atoms with Crippen molar-refractivity contribution in [3.05, 3.63) is 47.8 Å². The zero-order valence-corrected chi connectivity index (χ0v) is 14.1. The molecule has 1 amide bonds. The van der Waals surface area contributed by atoms with E-state index in [0.29, 0.717) is 5.82 Å². The second kappa shape index (κ2) is 6.70. The topological polar surface area (TPSA) is 73.9 Å². The predicted octanol–water partition coefficient (Wildman–Crippen LogP) is 3.12. The summed E-state index contributed by atoms with van der Waals surface area (Å²) in [5.74, 6) is 1.41. The van der Waals surface area contributed by atoms with Gasteiger partial charge in [-0.1, -0.05) is 37.3 Å². The highest BCUT2D eigenvalue weighted by Crippen LogP contribution is 2.30. The number of carbonyl (C=O) groups excluding carboxylic acids is 1. The van der Waals surface area contributed by atoms with Gasteiger partial charge in [-0.2, -0.15) is 0 Å². The first-order valence-corrected chi connectivity index (χ1v) is 7.98. The Morgan fingerprint density at radius 2 is 2.00 bits per heavy atom. The Labute approximate surface area is 140 Å². The zero-order chi connectivity index (χ0) is 17.1. The van der Waals surface area contributed by atoms with Crippen molar-refractivity contribution in [2.24, 2.45) is 0 Å². The quantitative estimate of drug-likeness (QED) is 0.756. The molecule has 0 aliphatic carbocycles. The van der Waals surface area contributed by atoms with Crippen LogP contribution in [0.1, 0.15) is 25.0 Å². The van der Waals surface area contributed by atoms with E-state index in [1.54, 1.807) is 6.33 Å². The molecule has 3 rings (SSSR count). The van der Waals surface area contributed by atoms with Gasteiger partial charge in [0.25, 0.3) is 0 Å². The van der Waals surface area contributed by atoms with E-state index in [4.69, 9.17) is 0 Å². The van der Waals surface area contributed by atoms with Gasteiger partial charge in [0.1, 0.15) is 17.7 Å². The Bertz CT molecular complexity index is 856. The number of fused-ring (bicyclic) bond motifs is 1. The Morgan fingerprint density at radius 1 is 1.25 bits per heavy atom. The van der Waals surface area contributed by atoms with Crippen molar-refractivity contribution in [1.82, 2.24) is 15.0 Å². The number of nitrogens with one attached hydrogen (secondary N) is 2. The fraction of sp³-hybridized carbons (Fsp3) is 0.278. The van der Waals surface area contributed by atoms with Crippen LogP contribution in [0.3, 0.4) is 0 Å². The molecule has 124 valence electrons. The Kier molecular flexibility index (Phi) is 4.46. The maximum Gasteiger partial charge on any atom is 0.222 e. The molecule has 0 fully saturated rings. The molecule has 0 radical (unpaired) electrons. The van der Waals surface area contributed by atoms with E-state index in [9.17, 15) is 4.79 Å². The van der Waals surface area contributed by atoms with Crippen molar-refractivity contribution < 1.29 is 4.79 Å². The molecule has 6 heteroatoms. The van der Waals surface area contributed by atoms with Crippen molar-refractivity contribution >= 4 is 28.6 Å². The molecule has 2 N–H and O–H groups in total. The van der Waals surface area contributed by atoms with Crippen LogP contribution in [-0.2, 0) is 17.8 Å². The number of carbonyl (C=O) groups is 1. The molecule has 2 heterocycles. The lowest BCUT2D eigenvalue weighted by Crippen LogP contribution is -2.18. The number of hydrogen-bond acceptors (Lipinski definition) is 4. The molecule has 0 aliphatic rings. The fourth-order valence-corrected chi connectivity index (χ4v) is 2.89. The zero-order valence-electron chi connectivity index (χ0n) is 14.1. The van der Waals surface area contributed by atoms with Crippen LogP contribution in [0.25, 0.3) is 11.0 Å². The SMILES string of the molecule is CCc1c(NC(C)=O)[nH]c2c(N(C)Cc3ccccc3)ncnc12. The number of aromatic nitrogens is 3. The molecule has 0 atom stereocenters. The lowest BCUT2D eigenvalue weighted by atomic mass is 10.2. The van der Waals surface area contributed by atoms with Crippen LogP contribution in [0, 0.1) is 0 Å². The van der Waals surface area contributed by atoms with E-state index in [1.807, 2.05) is 32.2 Å². The van der Waals surface area contributed by atoms with Gasteiger partial charge in [-0.25, -0.2) is 9.97 Å². The maximum absolute atomic E-state index is 11.4. The van der Waals surface area contributed by atoms with Crippen LogP contribution in [0.15, 0.2) is 36.7 Å². The molecule has 6 nitrogen and oxygen atoms in total. The van der Waals surface area contributed by atoms with Crippen molar-refractivity contribution in [1.29, 1.82) is 0 Å². The molecule has 0 unspecified atom stereocenters. The highest BCUT2D eigenvalue weighted by atomic mass is 16.1. The normalized spacial score (nSPS) is 10.8. The van der Waals surface area contributed by atoms with Gasteiger partial charge in [0.15, 0.2) is 5.82 Å². The molecule has 0 spiro atoms. The van der Waals surface area contributed by atoms with Crippen LogP contribution >= 0.6 is 0 Å². The molecule has 2 aromatic heterocycles. The third-order valence-corrected chi connectivity index (χ3v) is 3.94. The Balaban J connectivity index is 2.02. The minimum atomic E-state index is -0.108.